The number of rotatable bonds is 2. The molecule has 14 heavy (non-hydrogen) atoms. The number of ketones is 1. The number of hydrogen-bond donors (Lipinski definition) is 1. The minimum absolute atomic E-state index is 0.0414. The predicted molar refractivity (Wildman–Crippen MR) is 57.0 cm³/mol. The molecule has 0 heterocycles. The predicted octanol–water partition coefficient (Wildman–Crippen LogP) is 1.94. The molecule has 0 bridgehead atoms. The highest BCUT2D eigenvalue weighted by molar-refractivity contribution is 5.91. The molecule has 0 radical (unpaired) electrons. The van der Waals surface area contributed by atoms with E-state index < -0.39 is 0 Å². The van der Waals surface area contributed by atoms with Crippen molar-refractivity contribution in [3.05, 3.63) is 11.8 Å². The van der Waals surface area contributed by atoms with Crippen molar-refractivity contribution in [3.63, 3.8) is 0 Å². The molecule has 0 saturated heterocycles. The Labute approximate surface area is 85.5 Å². The molecule has 1 rings (SSSR count). The molecule has 0 aromatic heterocycles. The molecule has 1 aliphatic rings. The lowest BCUT2D eigenvalue weighted by atomic mass is 9.78. The number of nitrogens with one attached hydrogen (secondary N) is 1. The molecule has 0 aliphatic heterocycles. The van der Waals surface area contributed by atoms with Gasteiger partial charge in [0.25, 0.3) is 0 Å². The summed E-state index contributed by atoms with van der Waals surface area (Å²) in [5.41, 5.74) is 1.07. The van der Waals surface area contributed by atoms with Crippen LogP contribution >= 0.6 is 0 Å². The van der Waals surface area contributed by atoms with E-state index in [1.165, 1.54) is 6.34 Å². The number of allylic oxidation sites excluding steroid dienone is 2. The summed E-state index contributed by atoms with van der Waals surface area (Å²) >= 11 is 0. The fourth-order valence-corrected chi connectivity index (χ4v) is 1.77. The Kier molecular flexibility index (Phi) is 2.63. The van der Waals surface area contributed by atoms with Gasteiger partial charge in [-0.15, -0.1) is 0 Å². The summed E-state index contributed by atoms with van der Waals surface area (Å²) in [6, 6.07) is 0. The van der Waals surface area contributed by atoms with Crippen LogP contribution in [0.15, 0.2) is 11.8 Å². The van der Waals surface area contributed by atoms with E-state index in [2.05, 4.69) is 13.8 Å². The fourth-order valence-electron chi connectivity index (χ4n) is 1.77. The van der Waals surface area contributed by atoms with E-state index in [1.54, 1.807) is 6.08 Å². The first-order valence-corrected chi connectivity index (χ1v) is 4.86. The van der Waals surface area contributed by atoms with Gasteiger partial charge in [0.05, 0.1) is 14.1 Å². The highest BCUT2D eigenvalue weighted by atomic mass is 16.1. The highest BCUT2D eigenvalue weighted by Gasteiger charge is 2.34. The van der Waals surface area contributed by atoms with Crippen LogP contribution in [-0.2, 0) is 4.79 Å². The average molecular weight is 195 g/mol. The van der Waals surface area contributed by atoms with E-state index in [-0.39, 0.29) is 11.2 Å². The Bertz CT molecular complexity index is 300. The van der Waals surface area contributed by atoms with Crippen LogP contribution in [0.5, 0.6) is 0 Å². The molecular weight excluding hydrogens is 176 g/mol. The van der Waals surface area contributed by atoms with Gasteiger partial charge in [-0.05, 0) is 5.41 Å². The van der Waals surface area contributed by atoms with Crippen molar-refractivity contribution in [2.75, 3.05) is 14.1 Å². The van der Waals surface area contributed by atoms with Crippen molar-refractivity contribution in [2.24, 2.45) is 5.41 Å². The smallest absolute Gasteiger partial charge is 0.186 e. The molecule has 0 fully saturated rings. The molecule has 0 amide bonds. The molecule has 1 N–H and O–H groups in total. The zero-order chi connectivity index (χ0) is 11.0. The Morgan fingerprint density at radius 2 is 2.00 bits per heavy atom. The maximum Gasteiger partial charge on any atom is 0.186 e. The van der Waals surface area contributed by atoms with Crippen molar-refractivity contribution in [2.45, 2.75) is 26.7 Å². The largest absolute Gasteiger partial charge is 0.295 e. The van der Waals surface area contributed by atoms with Gasteiger partial charge < -0.3 is 0 Å². The van der Waals surface area contributed by atoms with Crippen LogP contribution in [0.25, 0.3) is 0 Å². The number of hydrogen-bond acceptors (Lipinski definition) is 2. The molecule has 3 nitrogen and oxygen atoms in total. The second-order valence-corrected chi connectivity index (χ2v) is 5.29. The summed E-state index contributed by atoms with van der Waals surface area (Å²) in [4.78, 5) is 11.5. The van der Waals surface area contributed by atoms with Gasteiger partial charge in [0.1, 0.15) is 5.70 Å². The lowest BCUT2D eigenvalue weighted by Crippen LogP contribution is -2.40. The normalized spacial score (nSPS) is 21.7. The lowest BCUT2D eigenvalue weighted by molar-refractivity contribution is -0.753. The molecule has 1 aliphatic carbocycles. The van der Waals surface area contributed by atoms with Gasteiger partial charge >= 0.3 is 0 Å². The van der Waals surface area contributed by atoms with Crippen molar-refractivity contribution in [1.29, 1.82) is 5.41 Å². The van der Waals surface area contributed by atoms with Crippen LogP contribution in [0.2, 0.25) is 0 Å². The first kappa shape index (κ1) is 11.1. The van der Waals surface area contributed by atoms with Gasteiger partial charge in [-0.3, -0.25) is 14.7 Å². The zero-order valence-corrected chi connectivity index (χ0v) is 9.42. The molecule has 0 atom stereocenters. The second kappa shape index (κ2) is 3.31. The van der Waals surface area contributed by atoms with E-state index in [1.807, 2.05) is 14.1 Å². The molecule has 0 spiro atoms. The zero-order valence-electron chi connectivity index (χ0n) is 9.42. The van der Waals surface area contributed by atoms with E-state index in [9.17, 15) is 4.79 Å². The minimum atomic E-state index is 0.0414. The molecular formula is C11H19N2O+. The van der Waals surface area contributed by atoms with Crippen molar-refractivity contribution in [1.82, 2.24) is 0 Å². The Hall–Kier alpha value is -0.960. The first-order valence-electron chi connectivity index (χ1n) is 4.86. The highest BCUT2D eigenvalue weighted by Crippen LogP contribution is 2.35. The third-order valence-electron chi connectivity index (χ3n) is 2.70. The van der Waals surface area contributed by atoms with Gasteiger partial charge in [0, 0.05) is 18.9 Å². The Morgan fingerprint density at radius 1 is 1.43 bits per heavy atom. The van der Waals surface area contributed by atoms with Gasteiger partial charge in [0.15, 0.2) is 12.1 Å². The molecule has 0 unspecified atom stereocenters. The minimum Gasteiger partial charge on any atom is -0.295 e. The fraction of sp³-hybridized carbons (Fsp3) is 0.636. The SMILES string of the molecule is CC1(C)CC(=O)C=C([N+](C)(C)C=N)C1. The second-order valence-electron chi connectivity index (χ2n) is 5.29. The topological polar surface area (TPSA) is 40.9 Å². The summed E-state index contributed by atoms with van der Waals surface area (Å²) in [7, 11) is 3.85. The Morgan fingerprint density at radius 3 is 2.43 bits per heavy atom. The van der Waals surface area contributed by atoms with Crippen LogP contribution in [-0.4, -0.2) is 30.7 Å². The van der Waals surface area contributed by atoms with Crippen molar-refractivity contribution in [3.8, 4) is 0 Å². The van der Waals surface area contributed by atoms with Crippen LogP contribution < -0.4 is 0 Å². The van der Waals surface area contributed by atoms with E-state index >= 15 is 0 Å². The third kappa shape index (κ3) is 2.29. The van der Waals surface area contributed by atoms with Crippen molar-refractivity contribution >= 4 is 12.1 Å². The number of quaternary nitrogens is 1. The van der Waals surface area contributed by atoms with E-state index in [0.717, 1.165) is 12.1 Å². The number of carbonyl (C=O) groups is 1. The maximum atomic E-state index is 11.5. The first-order chi connectivity index (χ1) is 6.27. The average Bonchev–Trinajstić information content (AvgIpc) is 2.00. The van der Waals surface area contributed by atoms with Crippen molar-refractivity contribution < 1.29 is 9.28 Å². The van der Waals surface area contributed by atoms with Crippen LogP contribution in [0, 0.1) is 10.8 Å². The summed E-state index contributed by atoms with van der Waals surface area (Å²) in [6.07, 6.45) is 4.58. The van der Waals surface area contributed by atoms with Gasteiger partial charge in [0.2, 0.25) is 0 Å². The van der Waals surface area contributed by atoms with Crippen LogP contribution in [0.4, 0.5) is 0 Å². The van der Waals surface area contributed by atoms with Gasteiger partial charge in [-0.25, -0.2) is 0 Å². The maximum absolute atomic E-state index is 11.5. The monoisotopic (exact) mass is 195 g/mol. The molecule has 78 valence electrons. The van der Waals surface area contributed by atoms with E-state index in [4.69, 9.17) is 5.41 Å². The molecule has 3 heteroatoms. The number of carbonyl (C=O) groups excluding carboxylic acids is 1. The summed E-state index contributed by atoms with van der Waals surface area (Å²) in [5.74, 6) is 0.185. The van der Waals surface area contributed by atoms with Crippen LogP contribution in [0.3, 0.4) is 0 Å². The van der Waals surface area contributed by atoms with E-state index in [0.29, 0.717) is 10.9 Å². The summed E-state index contributed by atoms with van der Waals surface area (Å²) in [5, 5.41) is 7.33. The molecule has 0 aromatic rings. The molecule has 0 aromatic carbocycles. The standard InChI is InChI=1S/C11H19N2O/c1-11(2)6-9(5-10(14)7-11)13(3,4)8-12/h5,8,12H,6-7H2,1-4H3/q+1. The summed E-state index contributed by atoms with van der Waals surface area (Å²) in [6.45, 7) is 4.20. The third-order valence-corrected chi connectivity index (χ3v) is 2.70. The number of nitrogens with zero attached hydrogens (tertiary/aromatic N) is 1. The van der Waals surface area contributed by atoms with Gasteiger partial charge in [-0.1, -0.05) is 13.8 Å². The Balaban J connectivity index is 3.01. The lowest BCUT2D eigenvalue weighted by Gasteiger charge is -2.34. The summed E-state index contributed by atoms with van der Waals surface area (Å²) < 4.78 is 0.384. The quantitative estimate of drug-likeness (QED) is 0.408. The van der Waals surface area contributed by atoms with Gasteiger partial charge in [-0.2, -0.15) is 0 Å². The van der Waals surface area contributed by atoms with Crippen LogP contribution in [0.1, 0.15) is 26.7 Å². The molecule has 0 saturated carbocycles.